The van der Waals surface area contributed by atoms with Crippen molar-refractivity contribution in [2.24, 2.45) is 11.3 Å². The third kappa shape index (κ3) is 8.16. The van der Waals surface area contributed by atoms with Crippen molar-refractivity contribution >= 4 is 16.0 Å². The van der Waals surface area contributed by atoms with Crippen LogP contribution in [0.4, 0.5) is 13.2 Å². The maximum Gasteiger partial charge on any atom is 0.490 e. The first kappa shape index (κ1) is 27.9. The zero-order valence-electron chi connectivity index (χ0n) is 20.0. The predicted molar refractivity (Wildman–Crippen MR) is 125 cm³/mol. The molecule has 35 heavy (non-hydrogen) atoms. The zero-order valence-corrected chi connectivity index (χ0v) is 20.9. The largest absolute Gasteiger partial charge is 0.490 e. The number of piperidine rings is 2. The second-order valence-corrected chi connectivity index (χ2v) is 12.1. The van der Waals surface area contributed by atoms with Crippen molar-refractivity contribution < 1.29 is 36.2 Å². The van der Waals surface area contributed by atoms with E-state index < -0.39 is 22.2 Å². The third-order valence-electron chi connectivity index (χ3n) is 7.10. The lowest BCUT2D eigenvalue weighted by Crippen LogP contribution is -2.44. The van der Waals surface area contributed by atoms with E-state index >= 15 is 0 Å². The van der Waals surface area contributed by atoms with E-state index in [-0.39, 0.29) is 11.2 Å². The van der Waals surface area contributed by atoms with Gasteiger partial charge in [0.05, 0.1) is 18.5 Å². The number of aliphatic carboxylic acids is 1. The Balaban J connectivity index is 0.000000429. The molecule has 0 amide bonds. The molecule has 1 N–H and O–H groups in total. The quantitative estimate of drug-likeness (QED) is 0.637. The molecule has 3 aliphatic heterocycles. The van der Waals surface area contributed by atoms with E-state index in [1.165, 1.54) is 25.9 Å². The molecule has 0 aliphatic carbocycles. The summed E-state index contributed by atoms with van der Waals surface area (Å²) in [6.45, 7) is 7.84. The first-order valence-electron chi connectivity index (χ1n) is 12.0. The van der Waals surface area contributed by atoms with Crippen LogP contribution in [0.5, 0.6) is 0 Å². The Morgan fingerprint density at radius 2 is 1.80 bits per heavy atom. The van der Waals surface area contributed by atoms with E-state index in [2.05, 4.69) is 11.8 Å². The SMILES string of the molecule is CC1CCCN(CC2CC3(CCN(S(=O)(=O)Cc4ccccc4)CC3)CO2)C1.O=C(O)C(F)(F)F. The topological polar surface area (TPSA) is 87.2 Å². The van der Waals surface area contributed by atoms with Crippen molar-refractivity contribution in [3.8, 4) is 0 Å². The second-order valence-electron chi connectivity index (χ2n) is 10.1. The Labute approximate surface area is 205 Å². The van der Waals surface area contributed by atoms with Crippen LogP contribution in [-0.2, 0) is 25.3 Å². The number of nitrogens with zero attached hydrogens (tertiary/aromatic N) is 2. The van der Waals surface area contributed by atoms with Gasteiger partial charge in [-0.3, -0.25) is 0 Å². The summed E-state index contributed by atoms with van der Waals surface area (Å²) in [5, 5.41) is 7.12. The summed E-state index contributed by atoms with van der Waals surface area (Å²) in [4.78, 5) is 11.5. The highest BCUT2D eigenvalue weighted by Crippen LogP contribution is 2.43. The number of rotatable bonds is 5. The highest BCUT2D eigenvalue weighted by molar-refractivity contribution is 7.88. The van der Waals surface area contributed by atoms with Crippen LogP contribution in [0.1, 0.15) is 44.6 Å². The summed E-state index contributed by atoms with van der Waals surface area (Å²) < 4.78 is 65.2. The summed E-state index contributed by atoms with van der Waals surface area (Å²) in [6, 6.07) is 9.49. The minimum atomic E-state index is -5.08. The fourth-order valence-corrected chi connectivity index (χ4v) is 6.75. The van der Waals surface area contributed by atoms with Crippen molar-refractivity contribution in [3.63, 3.8) is 0 Å². The number of alkyl halides is 3. The highest BCUT2D eigenvalue weighted by atomic mass is 32.2. The molecule has 0 bridgehead atoms. The van der Waals surface area contributed by atoms with Gasteiger partial charge in [0.25, 0.3) is 0 Å². The smallest absolute Gasteiger partial charge is 0.475 e. The Morgan fingerprint density at radius 3 is 2.37 bits per heavy atom. The summed E-state index contributed by atoms with van der Waals surface area (Å²) >= 11 is 0. The van der Waals surface area contributed by atoms with E-state index in [1.54, 1.807) is 4.31 Å². The van der Waals surface area contributed by atoms with Gasteiger partial charge in [-0.05, 0) is 55.5 Å². The molecule has 198 valence electrons. The lowest BCUT2D eigenvalue weighted by atomic mass is 9.77. The van der Waals surface area contributed by atoms with Crippen LogP contribution in [0.25, 0.3) is 0 Å². The molecule has 11 heteroatoms. The number of likely N-dealkylation sites (tertiary alicyclic amines) is 1. The molecule has 3 heterocycles. The number of ether oxygens (including phenoxy) is 1. The van der Waals surface area contributed by atoms with Crippen LogP contribution >= 0.6 is 0 Å². The maximum absolute atomic E-state index is 12.8. The number of sulfonamides is 1. The number of halogens is 3. The minimum Gasteiger partial charge on any atom is -0.475 e. The van der Waals surface area contributed by atoms with E-state index in [0.29, 0.717) is 19.2 Å². The molecule has 7 nitrogen and oxygen atoms in total. The Bertz CT molecular complexity index is 934. The number of hydrogen-bond acceptors (Lipinski definition) is 5. The first-order chi connectivity index (χ1) is 16.4. The van der Waals surface area contributed by atoms with Crippen molar-refractivity contribution in [1.29, 1.82) is 0 Å². The van der Waals surface area contributed by atoms with Gasteiger partial charge in [-0.2, -0.15) is 13.2 Å². The third-order valence-corrected chi connectivity index (χ3v) is 8.95. The average Bonchev–Trinajstić information content (AvgIpc) is 3.16. The van der Waals surface area contributed by atoms with Crippen LogP contribution in [0, 0.1) is 11.3 Å². The number of benzene rings is 1. The molecule has 0 radical (unpaired) electrons. The molecule has 0 aromatic heterocycles. The molecule has 4 rings (SSSR count). The molecule has 2 unspecified atom stereocenters. The normalized spacial score (nSPS) is 25.7. The number of carboxylic acids is 1. The van der Waals surface area contributed by atoms with Crippen molar-refractivity contribution in [1.82, 2.24) is 9.21 Å². The number of hydrogen-bond donors (Lipinski definition) is 1. The van der Waals surface area contributed by atoms with Crippen LogP contribution in [0.2, 0.25) is 0 Å². The molecule has 0 saturated carbocycles. The summed E-state index contributed by atoms with van der Waals surface area (Å²) in [5.41, 5.74) is 1.05. The molecule has 1 aromatic rings. The Hall–Kier alpha value is -1.69. The summed E-state index contributed by atoms with van der Waals surface area (Å²) in [5.74, 6) is -1.86. The van der Waals surface area contributed by atoms with Crippen molar-refractivity contribution in [2.45, 2.75) is 57.1 Å². The van der Waals surface area contributed by atoms with Gasteiger partial charge in [0.1, 0.15) is 0 Å². The van der Waals surface area contributed by atoms with E-state index in [0.717, 1.165) is 43.9 Å². The molecular formula is C24H35F3N2O5S. The van der Waals surface area contributed by atoms with Crippen molar-refractivity contribution in [2.75, 3.05) is 39.3 Å². The van der Waals surface area contributed by atoms with Gasteiger partial charge in [0.2, 0.25) is 10.0 Å². The van der Waals surface area contributed by atoms with Gasteiger partial charge in [-0.25, -0.2) is 17.5 Å². The van der Waals surface area contributed by atoms with E-state index in [4.69, 9.17) is 14.6 Å². The number of carbonyl (C=O) groups is 1. The fourth-order valence-electron chi connectivity index (χ4n) is 5.22. The van der Waals surface area contributed by atoms with Gasteiger partial charge in [-0.15, -0.1) is 0 Å². The number of carboxylic acid groups (broad SMARTS) is 1. The van der Waals surface area contributed by atoms with Crippen LogP contribution < -0.4 is 0 Å². The van der Waals surface area contributed by atoms with Crippen LogP contribution in [0.3, 0.4) is 0 Å². The standard InChI is InChI=1S/C22H34N2O3S.C2HF3O2/c1-19-6-5-11-23(15-19)16-21-14-22(18-27-21)9-12-24(13-10-22)28(25,26)17-20-7-3-2-4-8-20;3-2(4,5)1(6)7/h2-4,7-8,19,21H,5-6,9-18H2,1H3;(H,6,7). The van der Waals surface area contributed by atoms with Crippen molar-refractivity contribution in [3.05, 3.63) is 35.9 Å². The highest BCUT2D eigenvalue weighted by Gasteiger charge is 2.44. The molecule has 3 fully saturated rings. The predicted octanol–water partition coefficient (Wildman–Crippen LogP) is 3.75. The van der Waals surface area contributed by atoms with Gasteiger partial charge in [0.15, 0.2) is 0 Å². The second kappa shape index (κ2) is 11.6. The zero-order chi connectivity index (χ0) is 25.7. The van der Waals surface area contributed by atoms with Gasteiger partial charge in [0, 0.05) is 26.2 Å². The molecule has 3 aliphatic rings. The van der Waals surface area contributed by atoms with Crippen LogP contribution in [-0.4, -0.2) is 80.3 Å². The lowest BCUT2D eigenvalue weighted by Gasteiger charge is -2.38. The lowest BCUT2D eigenvalue weighted by molar-refractivity contribution is -0.192. The van der Waals surface area contributed by atoms with Crippen LogP contribution in [0.15, 0.2) is 30.3 Å². The van der Waals surface area contributed by atoms with E-state index in [9.17, 15) is 21.6 Å². The van der Waals surface area contributed by atoms with Gasteiger partial charge < -0.3 is 14.7 Å². The fraction of sp³-hybridized carbons (Fsp3) is 0.708. The summed E-state index contributed by atoms with van der Waals surface area (Å²) in [6.07, 6.45) is 0.816. The molecule has 2 atom stereocenters. The Morgan fingerprint density at radius 1 is 1.17 bits per heavy atom. The summed E-state index contributed by atoms with van der Waals surface area (Å²) in [7, 11) is -3.24. The average molecular weight is 521 g/mol. The van der Waals surface area contributed by atoms with E-state index in [1.807, 2.05) is 30.3 Å². The Kier molecular flexibility index (Phi) is 9.22. The molecule has 1 aromatic carbocycles. The molecular weight excluding hydrogens is 485 g/mol. The minimum absolute atomic E-state index is 0.104. The maximum atomic E-state index is 12.8. The first-order valence-corrected chi connectivity index (χ1v) is 13.7. The molecule has 1 spiro atoms. The van der Waals surface area contributed by atoms with Gasteiger partial charge in [-0.1, -0.05) is 37.3 Å². The molecule has 3 saturated heterocycles. The van der Waals surface area contributed by atoms with Gasteiger partial charge >= 0.3 is 12.1 Å². The monoisotopic (exact) mass is 520 g/mol.